The Kier molecular flexibility index (Phi) is 6.31. The van der Waals surface area contributed by atoms with Gasteiger partial charge in [0.25, 0.3) is 0 Å². The molecule has 1 rings (SSSR count). The SMILES string of the molecule is COc1ccc(CNC(=O)CCC(=O)NN)c(OC)c1. The number of nitrogens with two attached hydrogens (primary N) is 1. The second-order valence-corrected chi connectivity index (χ2v) is 4.02. The standard InChI is InChI=1S/C13H19N3O4/c1-19-10-4-3-9(11(7-10)20-2)8-15-12(17)5-6-13(18)16-14/h3-4,7H,5-6,8,14H2,1-2H3,(H,15,17)(H,16,18). The normalized spacial score (nSPS) is 9.75. The molecule has 0 fully saturated rings. The van der Waals surface area contributed by atoms with Gasteiger partial charge in [-0.3, -0.25) is 15.0 Å². The summed E-state index contributed by atoms with van der Waals surface area (Å²) in [7, 11) is 3.12. The number of methoxy groups -OCH3 is 2. The van der Waals surface area contributed by atoms with Gasteiger partial charge in [-0.25, -0.2) is 5.84 Å². The third-order valence-electron chi connectivity index (χ3n) is 2.71. The molecule has 0 aromatic heterocycles. The van der Waals surface area contributed by atoms with E-state index in [-0.39, 0.29) is 24.7 Å². The lowest BCUT2D eigenvalue weighted by Crippen LogP contribution is -2.31. The van der Waals surface area contributed by atoms with E-state index in [9.17, 15) is 9.59 Å². The Morgan fingerprint density at radius 1 is 1.15 bits per heavy atom. The van der Waals surface area contributed by atoms with Gasteiger partial charge in [-0.05, 0) is 12.1 Å². The maximum absolute atomic E-state index is 11.6. The molecule has 0 radical (unpaired) electrons. The topological polar surface area (TPSA) is 103 Å². The molecular formula is C13H19N3O4. The number of carbonyl (C=O) groups is 2. The number of hydrogen-bond donors (Lipinski definition) is 3. The molecular weight excluding hydrogens is 262 g/mol. The summed E-state index contributed by atoms with van der Waals surface area (Å²) in [5.74, 6) is 5.63. The quantitative estimate of drug-likeness (QED) is 0.373. The summed E-state index contributed by atoms with van der Waals surface area (Å²) in [5, 5.41) is 2.71. The van der Waals surface area contributed by atoms with Crippen molar-refractivity contribution in [3.8, 4) is 11.5 Å². The first-order valence-electron chi connectivity index (χ1n) is 6.07. The van der Waals surface area contributed by atoms with Crippen molar-refractivity contribution >= 4 is 11.8 Å². The summed E-state index contributed by atoms with van der Waals surface area (Å²) in [6, 6.07) is 5.33. The molecule has 7 heteroatoms. The fourth-order valence-corrected chi connectivity index (χ4v) is 1.58. The molecule has 4 N–H and O–H groups in total. The molecule has 0 aliphatic rings. The maximum Gasteiger partial charge on any atom is 0.234 e. The highest BCUT2D eigenvalue weighted by atomic mass is 16.5. The highest BCUT2D eigenvalue weighted by molar-refractivity contribution is 5.83. The monoisotopic (exact) mass is 281 g/mol. The number of ether oxygens (including phenoxy) is 2. The van der Waals surface area contributed by atoms with Crippen LogP contribution in [0.5, 0.6) is 11.5 Å². The van der Waals surface area contributed by atoms with Gasteiger partial charge in [-0.1, -0.05) is 0 Å². The van der Waals surface area contributed by atoms with Crippen LogP contribution >= 0.6 is 0 Å². The predicted octanol–water partition coefficient (Wildman–Crippen LogP) is 0.0901. The lowest BCUT2D eigenvalue weighted by Gasteiger charge is -2.11. The van der Waals surface area contributed by atoms with Crippen molar-refractivity contribution in [2.75, 3.05) is 14.2 Å². The third kappa shape index (κ3) is 4.77. The van der Waals surface area contributed by atoms with E-state index in [4.69, 9.17) is 15.3 Å². The second kappa shape index (κ2) is 8.00. The Balaban J connectivity index is 2.52. The van der Waals surface area contributed by atoms with E-state index in [2.05, 4.69) is 5.32 Å². The van der Waals surface area contributed by atoms with Crippen LogP contribution in [0.1, 0.15) is 18.4 Å². The Labute approximate surface area is 117 Å². The van der Waals surface area contributed by atoms with Crippen LogP contribution in [0.3, 0.4) is 0 Å². The predicted molar refractivity (Wildman–Crippen MR) is 73.0 cm³/mol. The number of amides is 2. The van der Waals surface area contributed by atoms with E-state index >= 15 is 0 Å². The summed E-state index contributed by atoms with van der Waals surface area (Å²) in [6.45, 7) is 0.316. The van der Waals surface area contributed by atoms with E-state index in [0.717, 1.165) is 5.56 Å². The van der Waals surface area contributed by atoms with Crippen molar-refractivity contribution in [3.63, 3.8) is 0 Å². The van der Waals surface area contributed by atoms with Crippen molar-refractivity contribution < 1.29 is 19.1 Å². The van der Waals surface area contributed by atoms with Gasteiger partial charge in [-0.15, -0.1) is 0 Å². The van der Waals surface area contributed by atoms with Gasteiger partial charge in [0.1, 0.15) is 11.5 Å². The third-order valence-corrected chi connectivity index (χ3v) is 2.71. The van der Waals surface area contributed by atoms with Crippen LogP contribution in [-0.4, -0.2) is 26.0 Å². The van der Waals surface area contributed by atoms with E-state index in [1.54, 1.807) is 26.4 Å². The molecule has 20 heavy (non-hydrogen) atoms. The number of rotatable bonds is 7. The molecule has 0 heterocycles. The number of hydrogen-bond acceptors (Lipinski definition) is 5. The van der Waals surface area contributed by atoms with E-state index in [1.165, 1.54) is 0 Å². The van der Waals surface area contributed by atoms with Crippen molar-refractivity contribution in [1.29, 1.82) is 0 Å². The molecule has 1 aromatic rings. The van der Waals surface area contributed by atoms with Crippen LogP contribution in [0.15, 0.2) is 18.2 Å². The van der Waals surface area contributed by atoms with Crippen molar-refractivity contribution in [3.05, 3.63) is 23.8 Å². The second-order valence-electron chi connectivity index (χ2n) is 4.02. The van der Waals surface area contributed by atoms with E-state index < -0.39 is 0 Å². The lowest BCUT2D eigenvalue weighted by atomic mass is 10.2. The summed E-state index contributed by atoms with van der Waals surface area (Å²) >= 11 is 0. The van der Waals surface area contributed by atoms with Crippen LogP contribution in [0.2, 0.25) is 0 Å². The maximum atomic E-state index is 11.6. The van der Waals surface area contributed by atoms with Gasteiger partial charge < -0.3 is 14.8 Å². The van der Waals surface area contributed by atoms with Crippen LogP contribution in [0.4, 0.5) is 0 Å². The molecule has 0 saturated heterocycles. The molecule has 0 spiro atoms. The zero-order valence-electron chi connectivity index (χ0n) is 11.6. The minimum absolute atomic E-state index is 0.0576. The van der Waals surface area contributed by atoms with Crippen LogP contribution in [0, 0.1) is 0 Å². The number of benzene rings is 1. The van der Waals surface area contributed by atoms with Gasteiger partial charge in [0.2, 0.25) is 11.8 Å². The summed E-state index contributed by atoms with van der Waals surface area (Å²) < 4.78 is 10.3. The highest BCUT2D eigenvalue weighted by Gasteiger charge is 2.08. The largest absolute Gasteiger partial charge is 0.497 e. The number of nitrogens with one attached hydrogen (secondary N) is 2. The van der Waals surface area contributed by atoms with Crippen LogP contribution < -0.4 is 26.1 Å². The average molecular weight is 281 g/mol. The smallest absolute Gasteiger partial charge is 0.234 e. The van der Waals surface area contributed by atoms with E-state index in [1.807, 2.05) is 11.5 Å². The molecule has 0 aliphatic heterocycles. The molecule has 0 aliphatic carbocycles. The lowest BCUT2D eigenvalue weighted by molar-refractivity contribution is -0.126. The minimum Gasteiger partial charge on any atom is -0.497 e. The molecule has 2 amide bonds. The summed E-state index contributed by atoms with van der Waals surface area (Å²) in [4.78, 5) is 22.5. The highest BCUT2D eigenvalue weighted by Crippen LogP contribution is 2.24. The first-order valence-corrected chi connectivity index (χ1v) is 6.07. The first kappa shape index (κ1) is 15.8. The Hall–Kier alpha value is -2.28. The van der Waals surface area contributed by atoms with Crippen LogP contribution in [0.25, 0.3) is 0 Å². The molecule has 110 valence electrons. The van der Waals surface area contributed by atoms with Gasteiger partial charge in [-0.2, -0.15) is 0 Å². The first-order chi connectivity index (χ1) is 9.60. The fourth-order valence-electron chi connectivity index (χ4n) is 1.58. The van der Waals surface area contributed by atoms with Gasteiger partial charge in [0.05, 0.1) is 14.2 Å². The molecule has 0 bridgehead atoms. The van der Waals surface area contributed by atoms with Crippen molar-refractivity contribution in [2.24, 2.45) is 5.84 Å². The van der Waals surface area contributed by atoms with Gasteiger partial charge in [0, 0.05) is 31.0 Å². The molecule has 7 nitrogen and oxygen atoms in total. The fraction of sp³-hybridized carbons (Fsp3) is 0.385. The zero-order valence-corrected chi connectivity index (χ0v) is 11.6. The van der Waals surface area contributed by atoms with Gasteiger partial charge >= 0.3 is 0 Å². The Morgan fingerprint density at radius 3 is 2.45 bits per heavy atom. The van der Waals surface area contributed by atoms with Gasteiger partial charge in [0.15, 0.2) is 0 Å². The number of hydrazine groups is 1. The Morgan fingerprint density at radius 2 is 1.85 bits per heavy atom. The van der Waals surface area contributed by atoms with E-state index in [0.29, 0.717) is 18.0 Å². The molecule has 1 aromatic carbocycles. The zero-order chi connectivity index (χ0) is 15.0. The average Bonchev–Trinajstić information content (AvgIpc) is 2.50. The summed E-state index contributed by atoms with van der Waals surface area (Å²) in [5.41, 5.74) is 2.80. The Bertz CT molecular complexity index is 477. The minimum atomic E-state index is -0.373. The molecule has 0 atom stereocenters. The van der Waals surface area contributed by atoms with Crippen molar-refractivity contribution in [2.45, 2.75) is 19.4 Å². The molecule has 0 unspecified atom stereocenters. The van der Waals surface area contributed by atoms with Crippen LogP contribution in [-0.2, 0) is 16.1 Å². The summed E-state index contributed by atoms with van der Waals surface area (Å²) in [6.07, 6.45) is 0.142. The molecule has 0 saturated carbocycles. The number of carbonyl (C=O) groups excluding carboxylic acids is 2. The van der Waals surface area contributed by atoms with Crippen molar-refractivity contribution in [1.82, 2.24) is 10.7 Å².